The highest BCUT2D eigenvalue weighted by atomic mass is 79.9. The first-order valence-corrected chi connectivity index (χ1v) is 3.20. The summed E-state index contributed by atoms with van der Waals surface area (Å²) in [5.41, 5.74) is 0. The van der Waals surface area contributed by atoms with Crippen LogP contribution >= 0.6 is 15.9 Å². The van der Waals surface area contributed by atoms with Crippen molar-refractivity contribution >= 4 is 21.9 Å². The van der Waals surface area contributed by atoms with Gasteiger partial charge in [0.25, 0.3) is 0 Å². The molecule has 0 rings (SSSR count). The third-order valence-electron chi connectivity index (χ3n) is 0.434. The van der Waals surface area contributed by atoms with Gasteiger partial charge in [-0.2, -0.15) is 0 Å². The largest absolute Gasteiger partial charge is 0.435 e. The summed E-state index contributed by atoms with van der Waals surface area (Å²) in [4.78, 5) is 10.0. The molecule has 0 fully saturated rings. The second-order valence-electron chi connectivity index (χ2n) is 1.22. The molecule has 0 saturated heterocycles. The summed E-state index contributed by atoms with van der Waals surface area (Å²) >= 11 is 2.92. The van der Waals surface area contributed by atoms with Crippen LogP contribution in [0.15, 0.2) is 0 Å². The van der Waals surface area contributed by atoms with Crippen molar-refractivity contribution in [1.29, 1.82) is 0 Å². The molecule has 1 atom stereocenters. The highest BCUT2D eigenvalue weighted by Crippen LogP contribution is 1.91. The van der Waals surface area contributed by atoms with Gasteiger partial charge in [-0.05, 0) is 0 Å². The third-order valence-corrected chi connectivity index (χ3v) is 0.988. The van der Waals surface area contributed by atoms with Crippen LogP contribution in [-0.4, -0.2) is 22.7 Å². The number of halogens is 1. The zero-order chi connectivity index (χ0) is 6.57. The summed E-state index contributed by atoms with van der Waals surface area (Å²) in [6.07, 6.45) is -1.01. The summed E-state index contributed by atoms with van der Waals surface area (Å²) in [6, 6.07) is 0. The van der Waals surface area contributed by atoms with Crippen LogP contribution in [0.3, 0.4) is 0 Å². The summed E-state index contributed by atoms with van der Waals surface area (Å²) in [7, 11) is 0. The fourth-order valence-corrected chi connectivity index (χ4v) is 0.355. The van der Waals surface area contributed by atoms with Crippen molar-refractivity contribution in [2.45, 2.75) is 13.2 Å². The van der Waals surface area contributed by atoms with Gasteiger partial charge in [0.05, 0.1) is 5.33 Å². The molecule has 0 saturated carbocycles. The van der Waals surface area contributed by atoms with Crippen LogP contribution in [-0.2, 0) is 9.53 Å². The van der Waals surface area contributed by atoms with Crippen molar-refractivity contribution in [2.24, 2.45) is 0 Å². The predicted octanol–water partition coefficient (Wildman–Crippen LogP) is 0.263. The van der Waals surface area contributed by atoms with Crippen molar-refractivity contribution in [1.82, 2.24) is 0 Å². The van der Waals surface area contributed by atoms with E-state index in [2.05, 4.69) is 20.7 Å². The molecule has 0 aromatic rings. The summed E-state index contributed by atoms with van der Waals surface area (Å²) < 4.78 is 4.27. The van der Waals surface area contributed by atoms with Crippen molar-refractivity contribution in [2.75, 3.05) is 5.33 Å². The average Bonchev–Trinajstić information content (AvgIpc) is 1.65. The molecule has 0 bridgehead atoms. The van der Waals surface area contributed by atoms with Gasteiger partial charge in [0.2, 0.25) is 6.29 Å². The molecule has 1 N–H and O–H groups in total. The maximum atomic E-state index is 10.0. The van der Waals surface area contributed by atoms with Gasteiger partial charge in [0.15, 0.2) is 0 Å². The number of ether oxygens (including phenoxy) is 1. The minimum absolute atomic E-state index is 0.257. The molecule has 8 heavy (non-hydrogen) atoms. The molecular formula is C4H7BrO3. The monoisotopic (exact) mass is 182 g/mol. The van der Waals surface area contributed by atoms with Crippen LogP contribution in [0.5, 0.6) is 0 Å². The molecule has 0 heterocycles. The standard InChI is InChI=1S/C4H7BrO3/c1-3(6)8-4(7)2-5/h4,7H,2H2,1H3. The highest BCUT2D eigenvalue weighted by molar-refractivity contribution is 9.09. The number of hydrogen-bond donors (Lipinski definition) is 1. The molecule has 0 aliphatic heterocycles. The number of aliphatic hydroxyl groups excluding tert-OH is 1. The van der Waals surface area contributed by atoms with Crippen LogP contribution in [0.2, 0.25) is 0 Å². The number of carbonyl (C=O) groups excluding carboxylic acids is 1. The van der Waals surface area contributed by atoms with Gasteiger partial charge in [0.1, 0.15) is 0 Å². The molecule has 0 radical (unpaired) electrons. The molecule has 0 spiro atoms. The fourth-order valence-electron chi connectivity index (χ4n) is 0.223. The minimum atomic E-state index is -1.01. The Hall–Kier alpha value is -0.0900. The number of esters is 1. The lowest BCUT2D eigenvalue weighted by Gasteiger charge is -2.04. The number of aliphatic hydroxyl groups is 1. The normalized spacial score (nSPS) is 12.9. The fraction of sp³-hybridized carbons (Fsp3) is 0.750. The smallest absolute Gasteiger partial charge is 0.304 e. The number of alkyl halides is 1. The van der Waals surface area contributed by atoms with Crippen LogP contribution in [0.25, 0.3) is 0 Å². The number of rotatable bonds is 2. The Balaban J connectivity index is 3.24. The first-order chi connectivity index (χ1) is 3.66. The zero-order valence-corrected chi connectivity index (χ0v) is 6.01. The lowest BCUT2D eigenvalue weighted by molar-refractivity contribution is -0.160. The molecule has 0 aliphatic rings. The Morgan fingerprint density at radius 2 is 2.50 bits per heavy atom. The molecule has 3 nitrogen and oxygen atoms in total. The van der Waals surface area contributed by atoms with Gasteiger partial charge in [-0.3, -0.25) is 4.79 Å². The second kappa shape index (κ2) is 3.86. The molecule has 1 unspecified atom stereocenters. The third kappa shape index (κ3) is 4.08. The van der Waals surface area contributed by atoms with Crippen molar-refractivity contribution in [3.63, 3.8) is 0 Å². The van der Waals surface area contributed by atoms with E-state index < -0.39 is 12.3 Å². The van der Waals surface area contributed by atoms with Crippen LogP contribution in [0, 0.1) is 0 Å². The first-order valence-electron chi connectivity index (χ1n) is 2.08. The van der Waals surface area contributed by atoms with Crippen molar-refractivity contribution in [3.05, 3.63) is 0 Å². The SMILES string of the molecule is CC(=O)OC(O)CBr. The maximum Gasteiger partial charge on any atom is 0.304 e. The van der Waals surface area contributed by atoms with Crippen LogP contribution < -0.4 is 0 Å². The van der Waals surface area contributed by atoms with E-state index in [1.165, 1.54) is 6.92 Å². The van der Waals surface area contributed by atoms with Gasteiger partial charge in [-0.15, -0.1) is 0 Å². The molecular weight excluding hydrogens is 176 g/mol. The average molecular weight is 183 g/mol. The van der Waals surface area contributed by atoms with Gasteiger partial charge in [-0.1, -0.05) is 15.9 Å². The van der Waals surface area contributed by atoms with Gasteiger partial charge < -0.3 is 9.84 Å². The van der Waals surface area contributed by atoms with Gasteiger partial charge >= 0.3 is 5.97 Å². The number of carbonyl (C=O) groups is 1. The van der Waals surface area contributed by atoms with E-state index in [1.54, 1.807) is 0 Å². The van der Waals surface area contributed by atoms with E-state index in [0.717, 1.165) is 0 Å². The molecule has 0 aromatic carbocycles. The van der Waals surface area contributed by atoms with E-state index in [0.29, 0.717) is 0 Å². The molecule has 4 heteroatoms. The molecule has 0 amide bonds. The lowest BCUT2D eigenvalue weighted by Crippen LogP contribution is -2.16. The molecule has 0 aromatic heterocycles. The van der Waals surface area contributed by atoms with Crippen molar-refractivity contribution < 1.29 is 14.6 Å². The topological polar surface area (TPSA) is 46.5 Å². The highest BCUT2D eigenvalue weighted by Gasteiger charge is 2.02. The minimum Gasteiger partial charge on any atom is -0.435 e. The predicted molar refractivity (Wildman–Crippen MR) is 31.6 cm³/mol. The Bertz CT molecular complexity index is 83.4. The molecule has 0 aliphatic carbocycles. The quantitative estimate of drug-likeness (QED) is 0.379. The summed E-state index contributed by atoms with van der Waals surface area (Å²) in [6.45, 7) is 1.24. The van der Waals surface area contributed by atoms with E-state index in [-0.39, 0.29) is 5.33 Å². The maximum absolute atomic E-state index is 10.0. The van der Waals surface area contributed by atoms with Crippen LogP contribution in [0.1, 0.15) is 6.92 Å². The Labute approximate surface area is 55.8 Å². The Morgan fingerprint density at radius 1 is 2.00 bits per heavy atom. The van der Waals surface area contributed by atoms with Crippen LogP contribution in [0.4, 0.5) is 0 Å². The first kappa shape index (κ1) is 7.91. The number of hydrogen-bond acceptors (Lipinski definition) is 3. The van der Waals surface area contributed by atoms with E-state index in [4.69, 9.17) is 5.11 Å². The zero-order valence-electron chi connectivity index (χ0n) is 4.43. The van der Waals surface area contributed by atoms with Crippen molar-refractivity contribution in [3.8, 4) is 0 Å². The van der Waals surface area contributed by atoms with Gasteiger partial charge in [-0.25, -0.2) is 0 Å². The summed E-state index contributed by atoms with van der Waals surface area (Å²) in [5, 5.41) is 8.79. The second-order valence-corrected chi connectivity index (χ2v) is 1.87. The van der Waals surface area contributed by atoms with Gasteiger partial charge in [0, 0.05) is 6.92 Å². The lowest BCUT2D eigenvalue weighted by atomic mass is 10.7. The van der Waals surface area contributed by atoms with E-state index >= 15 is 0 Å². The summed E-state index contributed by atoms with van der Waals surface area (Å²) in [5.74, 6) is -0.475. The Kier molecular flexibility index (Phi) is 3.81. The van der Waals surface area contributed by atoms with E-state index in [1.807, 2.05) is 0 Å². The van der Waals surface area contributed by atoms with E-state index in [9.17, 15) is 4.79 Å². The Morgan fingerprint density at radius 3 is 2.62 bits per heavy atom. The molecule has 48 valence electrons.